The number of carbonyl (C=O) groups is 1. The number of methoxy groups -OCH3 is 1. The van der Waals surface area contributed by atoms with Gasteiger partial charge in [0.1, 0.15) is 18.3 Å². The van der Waals surface area contributed by atoms with E-state index in [1.807, 2.05) is 12.1 Å². The summed E-state index contributed by atoms with van der Waals surface area (Å²) in [6.45, 7) is 7.27. The molecule has 5 atom stereocenters. The minimum atomic E-state index is -1.36. The van der Waals surface area contributed by atoms with Crippen LogP contribution in [-0.4, -0.2) is 79.9 Å². The highest BCUT2D eigenvalue weighted by Crippen LogP contribution is 2.27. The van der Waals surface area contributed by atoms with Crippen LogP contribution >= 0.6 is 0 Å². The van der Waals surface area contributed by atoms with Crippen molar-refractivity contribution in [3.05, 3.63) is 35.7 Å². The molecule has 0 aliphatic carbocycles. The minimum Gasteiger partial charge on any atom is -0.387 e. The average Bonchev–Trinajstić information content (AvgIpc) is 2.75. The van der Waals surface area contributed by atoms with Crippen LogP contribution in [0.1, 0.15) is 32.2 Å². The molecule has 1 amide bonds. The minimum absolute atomic E-state index is 0.211. The molecule has 2 heterocycles. The zero-order valence-corrected chi connectivity index (χ0v) is 18.7. The molecule has 1 saturated heterocycles. The molecule has 0 bridgehead atoms. The monoisotopic (exact) mass is 447 g/mol. The van der Waals surface area contributed by atoms with Gasteiger partial charge in [-0.25, -0.2) is 0 Å². The lowest BCUT2D eigenvalue weighted by Crippen LogP contribution is -2.63. The van der Waals surface area contributed by atoms with E-state index >= 15 is 0 Å². The zero-order valence-electron chi connectivity index (χ0n) is 18.7. The molecule has 1 aliphatic heterocycles. The van der Waals surface area contributed by atoms with E-state index in [0.29, 0.717) is 11.6 Å². The van der Waals surface area contributed by atoms with Crippen LogP contribution in [0, 0.1) is 6.92 Å². The summed E-state index contributed by atoms with van der Waals surface area (Å²) in [7, 11) is 1.32. The van der Waals surface area contributed by atoms with Crippen LogP contribution in [0.5, 0.6) is 0 Å². The van der Waals surface area contributed by atoms with E-state index in [4.69, 9.17) is 14.2 Å². The fourth-order valence-corrected chi connectivity index (χ4v) is 3.24. The molecule has 4 unspecified atom stereocenters. The Morgan fingerprint density at radius 3 is 2.28 bits per heavy atom. The topological polar surface area (TPSA) is 149 Å². The molecule has 0 saturated carbocycles. The van der Waals surface area contributed by atoms with Crippen molar-refractivity contribution in [3.8, 4) is 11.4 Å². The third-order valence-corrected chi connectivity index (χ3v) is 4.78. The van der Waals surface area contributed by atoms with Crippen LogP contribution in [0.25, 0.3) is 11.4 Å². The van der Waals surface area contributed by atoms with Crippen molar-refractivity contribution in [2.24, 2.45) is 0 Å². The van der Waals surface area contributed by atoms with Gasteiger partial charge in [0.2, 0.25) is 5.82 Å². The molecule has 1 fully saturated rings. The molecule has 11 heteroatoms. The number of amides is 1. The van der Waals surface area contributed by atoms with Crippen LogP contribution in [-0.2, 0) is 25.5 Å². The number of benzene rings is 1. The first-order chi connectivity index (χ1) is 15.1. The number of carbonyl (C=O) groups excluding carboxylic acids is 1. The Kier molecular flexibility index (Phi) is 7.47. The zero-order chi connectivity index (χ0) is 23.5. The maximum absolute atomic E-state index is 12.9. The second-order valence-electron chi connectivity index (χ2n) is 8.52. The first kappa shape index (κ1) is 24.1. The summed E-state index contributed by atoms with van der Waals surface area (Å²) in [6.07, 6.45) is -6.11. The molecule has 3 N–H and O–H groups in total. The normalized spacial score (nSPS) is 26.0. The number of aromatic nitrogens is 4. The van der Waals surface area contributed by atoms with Crippen LogP contribution in [0.3, 0.4) is 0 Å². The Morgan fingerprint density at radius 1 is 1.09 bits per heavy atom. The van der Waals surface area contributed by atoms with Gasteiger partial charge in [0.05, 0.1) is 5.60 Å². The van der Waals surface area contributed by atoms with Crippen molar-refractivity contribution in [2.45, 2.75) is 70.5 Å². The van der Waals surface area contributed by atoms with Gasteiger partial charge in [0, 0.05) is 19.2 Å². The van der Waals surface area contributed by atoms with Crippen molar-refractivity contribution in [2.75, 3.05) is 7.11 Å². The lowest BCUT2D eigenvalue weighted by molar-refractivity contribution is -0.301. The molecule has 0 spiro atoms. The summed E-state index contributed by atoms with van der Waals surface area (Å²) in [5.74, 6) is 0.397. The molecule has 1 aromatic heterocycles. The van der Waals surface area contributed by atoms with Gasteiger partial charge in [-0.05, 0) is 33.3 Å². The molecule has 32 heavy (non-hydrogen) atoms. The number of nitrogens with one attached hydrogen (secondary N) is 1. The Hall–Kier alpha value is -2.57. The van der Waals surface area contributed by atoms with Gasteiger partial charge >= 0.3 is 0 Å². The van der Waals surface area contributed by atoms with Gasteiger partial charge < -0.3 is 29.7 Å². The molecule has 0 radical (unpaired) electrons. The van der Waals surface area contributed by atoms with Crippen molar-refractivity contribution < 1.29 is 29.2 Å². The quantitative estimate of drug-likeness (QED) is 0.558. The summed E-state index contributed by atoms with van der Waals surface area (Å²) in [5.41, 5.74) is 0.891. The number of ether oxygens (including phenoxy) is 3. The fraction of sp³-hybridized carbons (Fsp3) is 0.571. The van der Waals surface area contributed by atoms with Crippen molar-refractivity contribution in [1.29, 1.82) is 0 Å². The van der Waals surface area contributed by atoms with Crippen LogP contribution in [0.2, 0.25) is 0 Å². The summed E-state index contributed by atoms with van der Waals surface area (Å²) >= 11 is 0. The summed E-state index contributed by atoms with van der Waals surface area (Å²) in [4.78, 5) is 12.9. The van der Waals surface area contributed by atoms with Crippen molar-refractivity contribution in [1.82, 2.24) is 25.7 Å². The molecule has 11 nitrogen and oxygen atoms in total. The van der Waals surface area contributed by atoms with E-state index in [-0.39, 0.29) is 6.54 Å². The predicted molar refractivity (Wildman–Crippen MR) is 112 cm³/mol. The fourth-order valence-electron chi connectivity index (χ4n) is 3.24. The van der Waals surface area contributed by atoms with Gasteiger partial charge in [-0.15, -0.1) is 20.4 Å². The molecule has 3 rings (SSSR count). The van der Waals surface area contributed by atoms with Crippen LogP contribution < -0.4 is 5.32 Å². The molecule has 1 aliphatic rings. The number of rotatable bonds is 6. The number of hydrogen-bond donors (Lipinski definition) is 3. The van der Waals surface area contributed by atoms with E-state index in [1.165, 1.54) is 7.11 Å². The SMILES string of the molecule is COC1OC(C(=O)NCc2ccc(-c3nnc(C)nn3)cc2)[C@@H](OC(C)(C)C)C(O)C1O. The Balaban J connectivity index is 1.68. The van der Waals surface area contributed by atoms with E-state index < -0.39 is 42.2 Å². The highest BCUT2D eigenvalue weighted by Gasteiger charge is 2.49. The maximum atomic E-state index is 12.9. The number of aryl methyl sites for hydroxylation is 1. The largest absolute Gasteiger partial charge is 0.387 e. The van der Waals surface area contributed by atoms with Crippen molar-refractivity contribution in [3.63, 3.8) is 0 Å². The third-order valence-electron chi connectivity index (χ3n) is 4.78. The van der Waals surface area contributed by atoms with E-state index in [0.717, 1.165) is 11.1 Å². The van der Waals surface area contributed by atoms with E-state index in [1.54, 1.807) is 39.8 Å². The molecule has 174 valence electrons. The third kappa shape index (κ3) is 5.81. The van der Waals surface area contributed by atoms with E-state index in [2.05, 4.69) is 25.7 Å². The Morgan fingerprint density at radius 2 is 1.72 bits per heavy atom. The van der Waals surface area contributed by atoms with Crippen LogP contribution in [0.15, 0.2) is 24.3 Å². The highest BCUT2D eigenvalue weighted by molar-refractivity contribution is 5.81. The highest BCUT2D eigenvalue weighted by atomic mass is 16.7. The summed E-state index contributed by atoms with van der Waals surface area (Å²) in [5, 5.41) is 39.3. The van der Waals surface area contributed by atoms with Gasteiger partial charge in [-0.1, -0.05) is 24.3 Å². The lowest BCUT2D eigenvalue weighted by atomic mass is 9.96. The number of hydrogen-bond acceptors (Lipinski definition) is 10. The molecule has 2 aromatic rings. The summed E-state index contributed by atoms with van der Waals surface area (Å²) < 4.78 is 16.5. The lowest BCUT2D eigenvalue weighted by Gasteiger charge is -2.43. The van der Waals surface area contributed by atoms with Gasteiger partial charge in [-0.3, -0.25) is 4.79 Å². The number of nitrogens with zero attached hydrogens (tertiary/aromatic N) is 4. The second kappa shape index (κ2) is 9.92. The number of aliphatic hydroxyl groups excluding tert-OH is 2. The predicted octanol–water partition coefficient (Wildman–Crippen LogP) is 0.135. The second-order valence-corrected chi connectivity index (χ2v) is 8.52. The smallest absolute Gasteiger partial charge is 0.252 e. The van der Waals surface area contributed by atoms with Crippen molar-refractivity contribution >= 4 is 5.91 Å². The molecular weight excluding hydrogens is 418 g/mol. The number of aliphatic hydroxyl groups is 2. The summed E-state index contributed by atoms with van der Waals surface area (Å²) in [6, 6.07) is 7.25. The standard InChI is InChI=1S/C21H29N5O6/c1-11-23-25-18(26-24-11)13-8-6-12(7-9-13)10-22-19(29)17-16(32-21(2,3)4)14(27)15(28)20(30-5)31-17/h6-9,14-17,20,27-28H,10H2,1-5H3,(H,22,29)/t14?,15?,16-,17?,20?/m0/s1. The average molecular weight is 447 g/mol. The van der Waals surface area contributed by atoms with Crippen LogP contribution in [0.4, 0.5) is 0 Å². The molecular formula is C21H29N5O6. The van der Waals surface area contributed by atoms with E-state index in [9.17, 15) is 15.0 Å². The molecule has 1 aromatic carbocycles. The Bertz CT molecular complexity index is 902. The first-order valence-electron chi connectivity index (χ1n) is 10.2. The Labute approximate surface area is 186 Å². The van der Waals surface area contributed by atoms with Gasteiger partial charge in [-0.2, -0.15) is 0 Å². The van der Waals surface area contributed by atoms with Gasteiger partial charge in [0.15, 0.2) is 18.2 Å². The maximum Gasteiger partial charge on any atom is 0.252 e. The van der Waals surface area contributed by atoms with Gasteiger partial charge in [0.25, 0.3) is 5.91 Å². The first-order valence-corrected chi connectivity index (χ1v) is 10.2.